The molecule has 1 fully saturated rings. The van der Waals surface area contributed by atoms with Crippen molar-refractivity contribution in [2.75, 3.05) is 13.1 Å². The molecule has 1 aliphatic heterocycles. The van der Waals surface area contributed by atoms with Gasteiger partial charge in [0.1, 0.15) is 5.76 Å². The van der Waals surface area contributed by atoms with Crippen LogP contribution in [0.4, 0.5) is 0 Å². The van der Waals surface area contributed by atoms with E-state index in [-0.39, 0.29) is 5.91 Å². The van der Waals surface area contributed by atoms with Gasteiger partial charge in [-0.15, -0.1) is 0 Å². The Balaban J connectivity index is 1.71. The predicted molar refractivity (Wildman–Crippen MR) is 58.7 cm³/mol. The summed E-state index contributed by atoms with van der Waals surface area (Å²) in [4.78, 5) is 15.6. The van der Waals surface area contributed by atoms with Crippen LogP contribution >= 0.6 is 0 Å². The van der Waals surface area contributed by atoms with Gasteiger partial charge in [-0.05, 0) is 32.4 Å². The molecule has 0 aromatic carbocycles. The van der Waals surface area contributed by atoms with Gasteiger partial charge in [0.2, 0.25) is 11.8 Å². The summed E-state index contributed by atoms with van der Waals surface area (Å²) in [6, 6.07) is 0. The lowest BCUT2D eigenvalue weighted by Crippen LogP contribution is -2.25. The third kappa shape index (κ3) is 3.06. The van der Waals surface area contributed by atoms with Gasteiger partial charge in [0.15, 0.2) is 0 Å². The standard InChI is InChI=1S/C11H17N3O2/c1-8-5-14-11(16-8)7-13-10(15)4-9-2-3-12-6-9/h5,9,12H,2-4,6-7H2,1H3,(H,13,15). The van der Waals surface area contributed by atoms with Gasteiger partial charge < -0.3 is 15.1 Å². The molecule has 16 heavy (non-hydrogen) atoms. The summed E-state index contributed by atoms with van der Waals surface area (Å²) in [5.74, 6) is 1.88. The zero-order chi connectivity index (χ0) is 11.4. The SMILES string of the molecule is Cc1cnc(CNC(=O)CC2CCNC2)o1. The number of rotatable bonds is 4. The third-order valence-electron chi connectivity index (χ3n) is 2.74. The number of nitrogens with zero attached hydrogens (tertiary/aromatic N) is 1. The quantitative estimate of drug-likeness (QED) is 0.784. The van der Waals surface area contributed by atoms with E-state index >= 15 is 0 Å². The van der Waals surface area contributed by atoms with E-state index in [9.17, 15) is 4.79 Å². The fourth-order valence-corrected chi connectivity index (χ4v) is 1.88. The van der Waals surface area contributed by atoms with Crippen LogP contribution in [0.15, 0.2) is 10.6 Å². The second-order valence-corrected chi connectivity index (χ2v) is 4.20. The number of carbonyl (C=O) groups is 1. The van der Waals surface area contributed by atoms with Gasteiger partial charge in [-0.25, -0.2) is 4.98 Å². The molecule has 1 atom stereocenters. The number of oxazole rings is 1. The maximum atomic E-state index is 11.6. The minimum Gasteiger partial charge on any atom is -0.444 e. The van der Waals surface area contributed by atoms with Crippen LogP contribution in [0.3, 0.4) is 0 Å². The minimum atomic E-state index is 0.0737. The Morgan fingerprint density at radius 3 is 3.25 bits per heavy atom. The van der Waals surface area contributed by atoms with Crippen LogP contribution in [0, 0.1) is 12.8 Å². The van der Waals surface area contributed by atoms with Crippen molar-refractivity contribution in [1.29, 1.82) is 0 Å². The van der Waals surface area contributed by atoms with Gasteiger partial charge in [0.05, 0.1) is 12.7 Å². The molecular formula is C11H17N3O2. The summed E-state index contributed by atoms with van der Waals surface area (Å²) >= 11 is 0. The van der Waals surface area contributed by atoms with E-state index < -0.39 is 0 Å². The molecule has 5 nitrogen and oxygen atoms in total. The number of aromatic nitrogens is 1. The van der Waals surface area contributed by atoms with Crippen LogP contribution in [-0.2, 0) is 11.3 Å². The lowest BCUT2D eigenvalue weighted by atomic mass is 10.0. The first-order valence-corrected chi connectivity index (χ1v) is 5.63. The minimum absolute atomic E-state index is 0.0737. The molecule has 1 aliphatic rings. The van der Waals surface area contributed by atoms with Crippen molar-refractivity contribution in [1.82, 2.24) is 15.6 Å². The van der Waals surface area contributed by atoms with Crippen molar-refractivity contribution >= 4 is 5.91 Å². The molecule has 0 bridgehead atoms. The van der Waals surface area contributed by atoms with Gasteiger partial charge in [0.25, 0.3) is 0 Å². The maximum absolute atomic E-state index is 11.6. The van der Waals surface area contributed by atoms with E-state index in [2.05, 4.69) is 15.6 Å². The van der Waals surface area contributed by atoms with Crippen LogP contribution < -0.4 is 10.6 Å². The highest BCUT2D eigenvalue weighted by molar-refractivity contribution is 5.76. The summed E-state index contributed by atoms with van der Waals surface area (Å²) < 4.78 is 5.27. The molecule has 1 unspecified atom stereocenters. The molecule has 1 amide bonds. The first-order chi connectivity index (χ1) is 7.74. The Morgan fingerprint density at radius 2 is 2.62 bits per heavy atom. The topological polar surface area (TPSA) is 67.2 Å². The Kier molecular flexibility index (Phi) is 3.56. The summed E-state index contributed by atoms with van der Waals surface area (Å²) in [6.07, 6.45) is 3.33. The van der Waals surface area contributed by atoms with Gasteiger partial charge in [-0.1, -0.05) is 0 Å². The van der Waals surface area contributed by atoms with E-state index in [1.807, 2.05) is 6.92 Å². The number of hydrogen-bond donors (Lipinski definition) is 2. The lowest BCUT2D eigenvalue weighted by Gasteiger charge is -2.07. The van der Waals surface area contributed by atoms with Crippen LogP contribution in [0.5, 0.6) is 0 Å². The molecule has 0 saturated carbocycles. The fourth-order valence-electron chi connectivity index (χ4n) is 1.88. The highest BCUT2D eigenvalue weighted by Crippen LogP contribution is 2.11. The monoisotopic (exact) mass is 223 g/mol. The number of aryl methyl sites for hydroxylation is 1. The molecule has 5 heteroatoms. The van der Waals surface area contributed by atoms with E-state index in [0.29, 0.717) is 24.8 Å². The fraction of sp³-hybridized carbons (Fsp3) is 0.636. The van der Waals surface area contributed by atoms with E-state index in [4.69, 9.17) is 4.42 Å². The number of amides is 1. The normalized spacial score (nSPS) is 19.9. The Hall–Kier alpha value is -1.36. The van der Waals surface area contributed by atoms with Crippen LogP contribution in [0.2, 0.25) is 0 Å². The van der Waals surface area contributed by atoms with Gasteiger partial charge in [-0.2, -0.15) is 0 Å². The largest absolute Gasteiger partial charge is 0.444 e. The predicted octanol–water partition coefficient (Wildman–Crippen LogP) is 0.599. The highest BCUT2D eigenvalue weighted by Gasteiger charge is 2.17. The highest BCUT2D eigenvalue weighted by atomic mass is 16.4. The maximum Gasteiger partial charge on any atom is 0.220 e. The average molecular weight is 223 g/mol. The van der Waals surface area contributed by atoms with Crippen LogP contribution in [0.25, 0.3) is 0 Å². The molecule has 1 aromatic heterocycles. The van der Waals surface area contributed by atoms with E-state index in [1.54, 1.807) is 6.20 Å². The van der Waals surface area contributed by atoms with E-state index in [1.165, 1.54) is 0 Å². The second-order valence-electron chi connectivity index (χ2n) is 4.20. The third-order valence-corrected chi connectivity index (χ3v) is 2.74. The molecule has 1 saturated heterocycles. The number of hydrogen-bond acceptors (Lipinski definition) is 4. The summed E-state index contributed by atoms with van der Waals surface area (Å²) in [5.41, 5.74) is 0. The smallest absolute Gasteiger partial charge is 0.220 e. The summed E-state index contributed by atoms with van der Waals surface area (Å²) in [6.45, 7) is 4.19. The van der Waals surface area contributed by atoms with Crippen LogP contribution in [-0.4, -0.2) is 24.0 Å². The zero-order valence-electron chi connectivity index (χ0n) is 9.45. The van der Waals surface area contributed by atoms with Crippen LogP contribution in [0.1, 0.15) is 24.5 Å². The number of nitrogens with one attached hydrogen (secondary N) is 2. The summed E-state index contributed by atoms with van der Waals surface area (Å²) in [7, 11) is 0. The molecule has 0 spiro atoms. The van der Waals surface area contributed by atoms with Gasteiger partial charge in [0, 0.05) is 6.42 Å². The first kappa shape index (κ1) is 11.1. The summed E-state index contributed by atoms with van der Waals surface area (Å²) in [5, 5.41) is 6.06. The van der Waals surface area contributed by atoms with Crippen molar-refractivity contribution in [3.8, 4) is 0 Å². The molecule has 0 radical (unpaired) electrons. The van der Waals surface area contributed by atoms with Crippen molar-refractivity contribution in [2.24, 2.45) is 5.92 Å². The first-order valence-electron chi connectivity index (χ1n) is 5.63. The molecule has 1 aromatic rings. The van der Waals surface area contributed by atoms with Crippen molar-refractivity contribution < 1.29 is 9.21 Å². The molecule has 2 heterocycles. The Bertz CT molecular complexity index is 356. The van der Waals surface area contributed by atoms with Crippen molar-refractivity contribution in [3.05, 3.63) is 17.8 Å². The molecule has 88 valence electrons. The Morgan fingerprint density at radius 1 is 1.75 bits per heavy atom. The Labute approximate surface area is 94.6 Å². The number of carbonyl (C=O) groups excluding carboxylic acids is 1. The lowest BCUT2D eigenvalue weighted by molar-refractivity contribution is -0.122. The molecular weight excluding hydrogens is 206 g/mol. The van der Waals surface area contributed by atoms with Crippen molar-refractivity contribution in [2.45, 2.75) is 26.3 Å². The second kappa shape index (κ2) is 5.12. The average Bonchev–Trinajstić information content (AvgIpc) is 2.87. The van der Waals surface area contributed by atoms with Crippen molar-refractivity contribution in [3.63, 3.8) is 0 Å². The van der Waals surface area contributed by atoms with E-state index in [0.717, 1.165) is 25.3 Å². The molecule has 2 N–H and O–H groups in total. The zero-order valence-corrected chi connectivity index (χ0v) is 9.45. The molecule has 2 rings (SSSR count). The molecule has 0 aliphatic carbocycles. The van der Waals surface area contributed by atoms with Gasteiger partial charge in [-0.3, -0.25) is 4.79 Å². The van der Waals surface area contributed by atoms with Gasteiger partial charge >= 0.3 is 0 Å².